The Kier molecular flexibility index (Phi) is 2.69. The van der Waals surface area contributed by atoms with Gasteiger partial charge in [-0.15, -0.1) is 11.3 Å². The third kappa shape index (κ3) is 1.87. The molecule has 0 radical (unpaired) electrons. The highest BCUT2D eigenvalue weighted by molar-refractivity contribution is 7.10. The molecular weight excluding hydrogens is 220 g/mol. The zero-order valence-corrected chi connectivity index (χ0v) is 10.0. The van der Waals surface area contributed by atoms with Crippen molar-refractivity contribution >= 4 is 17.2 Å². The van der Waals surface area contributed by atoms with Crippen molar-refractivity contribution in [1.29, 1.82) is 0 Å². The topological polar surface area (TPSA) is 32.3 Å². The smallest absolute Gasteiger partial charge is 0.226 e. The number of piperazine rings is 1. The summed E-state index contributed by atoms with van der Waals surface area (Å²) in [5.41, 5.74) is 0. The number of rotatable bonds is 2. The lowest BCUT2D eigenvalue weighted by Gasteiger charge is -2.27. The molecule has 2 aliphatic rings. The average Bonchev–Trinajstić information content (AvgIpc) is 2.95. The molecule has 1 saturated heterocycles. The predicted molar refractivity (Wildman–Crippen MR) is 64.6 cm³/mol. The van der Waals surface area contributed by atoms with Crippen LogP contribution in [0.2, 0.25) is 0 Å². The van der Waals surface area contributed by atoms with Crippen LogP contribution in [-0.2, 0) is 4.79 Å². The first kappa shape index (κ1) is 10.3. The van der Waals surface area contributed by atoms with Crippen molar-refractivity contribution in [3.8, 4) is 0 Å². The second kappa shape index (κ2) is 4.18. The Morgan fingerprint density at radius 1 is 1.44 bits per heavy atom. The third-order valence-electron chi connectivity index (χ3n) is 3.44. The summed E-state index contributed by atoms with van der Waals surface area (Å²) in [6.45, 7) is 3.66. The van der Waals surface area contributed by atoms with Gasteiger partial charge in [0.25, 0.3) is 0 Å². The van der Waals surface area contributed by atoms with Crippen molar-refractivity contribution < 1.29 is 4.79 Å². The monoisotopic (exact) mass is 236 g/mol. The van der Waals surface area contributed by atoms with Gasteiger partial charge in [0.2, 0.25) is 5.91 Å². The number of nitrogens with zero attached hydrogens (tertiary/aromatic N) is 1. The van der Waals surface area contributed by atoms with Crippen molar-refractivity contribution in [2.24, 2.45) is 5.92 Å². The first-order chi connectivity index (χ1) is 7.86. The molecule has 0 bridgehead atoms. The van der Waals surface area contributed by atoms with Gasteiger partial charge in [-0.2, -0.15) is 0 Å². The van der Waals surface area contributed by atoms with Gasteiger partial charge in [-0.3, -0.25) is 4.79 Å². The van der Waals surface area contributed by atoms with Crippen LogP contribution < -0.4 is 5.32 Å². The first-order valence-electron chi connectivity index (χ1n) is 5.89. The van der Waals surface area contributed by atoms with Crippen LogP contribution in [0.4, 0.5) is 0 Å². The maximum Gasteiger partial charge on any atom is 0.226 e. The molecule has 0 spiro atoms. The van der Waals surface area contributed by atoms with E-state index >= 15 is 0 Å². The molecule has 3 rings (SSSR count). The fourth-order valence-corrected chi connectivity index (χ4v) is 3.31. The molecule has 1 aliphatic carbocycles. The Morgan fingerprint density at radius 2 is 2.25 bits per heavy atom. The normalized spacial score (nSPS) is 29.1. The van der Waals surface area contributed by atoms with E-state index in [4.69, 9.17) is 0 Å². The fourth-order valence-electron chi connectivity index (χ4n) is 2.40. The van der Waals surface area contributed by atoms with E-state index in [1.165, 1.54) is 4.88 Å². The quantitative estimate of drug-likeness (QED) is 0.839. The van der Waals surface area contributed by atoms with Gasteiger partial charge in [-0.05, 0) is 17.9 Å². The van der Waals surface area contributed by atoms with Gasteiger partial charge in [-0.25, -0.2) is 0 Å². The number of amides is 1. The number of carbonyl (C=O) groups excluding carboxylic acids is 1. The molecule has 2 heterocycles. The summed E-state index contributed by atoms with van der Waals surface area (Å²) in [7, 11) is 0. The standard InChI is InChI=1S/C12H16N2OS/c15-12(14-5-3-13-4-6-14)10-8-9(10)11-2-1-7-16-11/h1-2,7,9-10,13H,3-6,8H2/t9-,10+/m0/s1. The molecule has 1 saturated carbocycles. The second-order valence-corrected chi connectivity index (χ2v) is 5.52. The number of carbonyl (C=O) groups is 1. The zero-order chi connectivity index (χ0) is 11.0. The van der Waals surface area contributed by atoms with Gasteiger partial charge >= 0.3 is 0 Å². The van der Waals surface area contributed by atoms with Crippen LogP contribution in [0.15, 0.2) is 17.5 Å². The van der Waals surface area contributed by atoms with E-state index in [0.717, 1.165) is 32.6 Å². The van der Waals surface area contributed by atoms with Crippen LogP contribution in [0.1, 0.15) is 17.2 Å². The summed E-state index contributed by atoms with van der Waals surface area (Å²) in [6.07, 6.45) is 1.06. The summed E-state index contributed by atoms with van der Waals surface area (Å²) in [6, 6.07) is 4.23. The lowest BCUT2D eigenvalue weighted by Crippen LogP contribution is -2.47. The minimum Gasteiger partial charge on any atom is -0.340 e. The van der Waals surface area contributed by atoms with Gasteiger partial charge in [0.1, 0.15) is 0 Å². The summed E-state index contributed by atoms with van der Waals surface area (Å²) in [5.74, 6) is 1.17. The molecule has 0 aromatic carbocycles. The Bertz CT molecular complexity index is 370. The summed E-state index contributed by atoms with van der Waals surface area (Å²) in [5, 5.41) is 5.37. The molecule has 16 heavy (non-hydrogen) atoms. The van der Waals surface area contributed by atoms with E-state index in [-0.39, 0.29) is 5.92 Å². The van der Waals surface area contributed by atoms with E-state index in [1.54, 1.807) is 11.3 Å². The minimum atomic E-state index is 0.275. The Morgan fingerprint density at radius 3 is 2.94 bits per heavy atom. The molecular formula is C12H16N2OS. The largest absolute Gasteiger partial charge is 0.340 e. The maximum atomic E-state index is 12.2. The van der Waals surface area contributed by atoms with Gasteiger partial charge in [0.15, 0.2) is 0 Å². The Labute approximate surface area is 99.5 Å². The van der Waals surface area contributed by atoms with Crippen LogP contribution >= 0.6 is 11.3 Å². The van der Waals surface area contributed by atoms with Crippen molar-refractivity contribution in [3.63, 3.8) is 0 Å². The molecule has 4 heteroatoms. The number of thiophene rings is 1. The van der Waals surface area contributed by atoms with Crippen molar-refractivity contribution in [1.82, 2.24) is 10.2 Å². The van der Waals surface area contributed by atoms with Crippen LogP contribution in [0, 0.1) is 5.92 Å². The lowest BCUT2D eigenvalue weighted by molar-refractivity contribution is -0.133. The SMILES string of the molecule is O=C([C@@H]1C[C@@H]1c1cccs1)N1CCNCC1. The summed E-state index contributed by atoms with van der Waals surface area (Å²) >= 11 is 1.78. The molecule has 2 fully saturated rings. The van der Waals surface area contributed by atoms with Gasteiger partial charge in [0, 0.05) is 42.9 Å². The molecule has 86 valence electrons. The van der Waals surface area contributed by atoms with E-state index in [2.05, 4.69) is 22.8 Å². The highest BCUT2D eigenvalue weighted by Crippen LogP contribution is 2.49. The minimum absolute atomic E-state index is 0.275. The Balaban J connectivity index is 1.61. The van der Waals surface area contributed by atoms with Crippen molar-refractivity contribution in [3.05, 3.63) is 22.4 Å². The van der Waals surface area contributed by atoms with Crippen molar-refractivity contribution in [2.75, 3.05) is 26.2 Å². The highest BCUT2D eigenvalue weighted by Gasteiger charge is 2.46. The molecule has 1 amide bonds. The average molecular weight is 236 g/mol. The van der Waals surface area contributed by atoms with Crippen LogP contribution in [0.3, 0.4) is 0 Å². The molecule has 3 nitrogen and oxygen atoms in total. The second-order valence-electron chi connectivity index (χ2n) is 4.54. The fraction of sp³-hybridized carbons (Fsp3) is 0.583. The zero-order valence-electron chi connectivity index (χ0n) is 9.19. The van der Waals surface area contributed by atoms with Crippen LogP contribution in [0.5, 0.6) is 0 Å². The maximum absolute atomic E-state index is 12.2. The number of hydrogen-bond acceptors (Lipinski definition) is 3. The lowest BCUT2D eigenvalue weighted by atomic mass is 10.2. The van der Waals surface area contributed by atoms with E-state index in [1.807, 2.05) is 4.90 Å². The molecule has 1 N–H and O–H groups in total. The van der Waals surface area contributed by atoms with E-state index < -0.39 is 0 Å². The third-order valence-corrected chi connectivity index (χ3v) is 4.45. The predicted octanol–water partition coefficient (Wildman–Crippen LogP) is 1.28. The molecule has 1 aromatic rings. The molecule has 2 atom stereocenters. The Hall–Kier alpha value is -0.870. The molecule has 0 unspecified atom stereocenters. The van der Waals surface area contributed by atoms with Gasteiger partial charge in [0.05, 0.1) is 0 Å². The summed E-state index contributed by atoms with van der Waals surface area (Å²) < 4.78 is 0. The molecule has 1 aliphatic heterocycles. The highest BCUT2D eigenvalue weighted by atomic mass is 32.1. The first-order valence-corrected chi connectivity index (χ1v) is 6.77. The molecule has 1 aromatic heterocycles. The number of hydrogen-bond donors (Lipinski definition) is 1. The van der Waals surface area contributed by atoms with Crippen molar-refractivity contribution in [2.45, 2.75) is 12.3 Å². The van der Waals surface area contributed by atoms with Crippen LogP contribution in [-0.4, -0.2) is 37.0 Å². The number of nitrogens with one attached hydrogen (secondary N) is 1. The van der Waals surface area contributed by atoms with Gasteiger partial charge in [-0.1, -0.05) is 6.07 Å². The van der Waals surface area contributed by atoms with E-state index in [0.29, 0.717) is 11.8 Å². The van der Waals surface area contributed by atoms with E-state index in [9.17, 15) is 4.79 Å². The summed E-state index contributed by atoms with van der Waals surface area (Å²) in [4.78, 5) is 15.6. The van der Waals surface area contributed by atoms with Crippen LogP contribution in [0.25, 0.3) is 0 Å². The van der Waals surface area contributed by atoms with Gasteiger partial charge < -0.3 is 10.2 Å².